The zero-order chi connectivity index (χ0) is 25.3. The van der Waals surface area contributed by atoms with E-state index in [1.54, 1.807) is 41.6 Å². The third kappa shape index (κ3) is 6.16. The molecule has 182 valence electrons. The van der Waals surface area contributed by atoms with Crippen LogP contribution in [0.2, 0.25) is 0 Å². The normalized spacial score (nSPS) is 11.7. The van der Waals surface area contributed by atoms with Crippen LogP contribution < -0.4 is 5.73 Å². The quantitative estimate of drug-likeness (QED) is 0.352. The number of pyridine rings is 1. The van der Waals surface area contributed by atoms with E-state index in [4.69, 9.17) is 5.73 Å². The Morgan fingerprint density at radius 3 is 1.86 bits per heavy atom. The Balaban J connectivity index is 1.73. The molecule has 0 fully saturated rings. The maximum absolute atomic E-state index is 14.3. The molecule has 0 aliphatic heterocycles. The number of primary amides is 1. The molecule has 36 heavy (non-hydrogen) atoms. The lowest BCUT2D eigenvalue weighted by atomic mass is 9.89. The summed E-state index contributed by atoms with van der Waals surface area (Å²) in [5, 5.41) is 9.73. The van der Waals surface area contributed by atoms with E-state index in [0.717, 1.165) is 22.3 Å². The lowest BCUT2D eigenvalue weighted by Gasteiger charge is -2.33. The molecule has 0 radical (unpaired) electrons. The standard InChI is InChI=1S/C30H29N3O3/c31-29(35)27(16-13-22-17-19-32-20-18-22)33(21-23-11-14-26(34)15-12-23)30(36)28(24-7-3-1-4-8-24)25-9-5-2-6-10-25/h1-12,14-15,17-20,27-28,34H,13,16,21H2,(H2,31,35)/t27-/m1/s1. The van der Waals surface area contributed by atoms with E-state index in [0.29, 0.717) is 12.8 Å². The summed E-state index contributed by atoms with van der Waals surface area (Å²) in [6.07, 6.45) is 4.35. The van der Waals surface area contributed by atoms with Crippen molar-refractivity contribution in [1.29, 1.82) is 0 Å². The minimum atomic E-state index is -0.825. The number of hydrogen-bond donors (Lipinski definition) is 2. The van der Waals surface area contributed by atoms with Gasteiger partial charge in [-0.25, -0.2) is 0 Å². The van der Waals surface area contributed by atoms with Gasteiger partial charge in [-0.1, -0.05) is 72.8 Å². The predicted molar refractivity (Wildman–Crippen MR) is 139 cm³/mol. The molecule has 0 bridgehead atoms. The van der Waals surface area contributed by atoms with Crippen LogP contribution in [0.4, 0.5) is 0 Å². The van der Waals surface area contributed by atoms with Gasteiger partial charge in [0.1, 0.15) is 11.8 Å². The lowest BCUT2D eigenvalue weighted by molar-refractivity contribution is -0.140. The molecule has 4 aromatic rings. The van der Waals surface area contributed by atoms with E-state index in [1.807, 2.05) is 72.8 Å². The largest absolute Gasteiger partial charge is 0.508 e. The molecule has 1 heterocycles. The molecule has 3 N–H and O–H groups in total. The first-order valence-corrected chi connectivity index (χ1v) is 11.9. The molecule has 4 rings (SSSR count). The number of aromatic hydroxyl groups is 1. The number of hydrogen-bond acceptors (Lipinski definition) is 4. The fourth-order valence-corrected chi connectivity index (χ4v) is 4.38. The van der Waals surface area contributed by atoms with Gasteiger partial charge in [0.25, 0.3) is 0 Å². The van der Waals surface area contributed by atoms with Gasteiger partial charge in [-0.15, -0.1) is 0 Å². The van der Waals surface area contributed by atoms with Crippen molar-refractivity contribution in [3.8, 4) is 5.75 Å². The van der Waals surface area contributed by atoms with Crippen molar-refractivity contribution in [1.82, 2.24) is 9.88 Å². The summed E-state index contributed by atoms with van der Waals surface area (Å²) in [6.45, 7) is 0.180. The number of phenols is 1. The van der Waals surface area contributed by atoms with Crippen LogP contribution in [0.25, 0.3) is 0 Å². The number of amides is 2. The summed E-state index contributed by atoms with van der Waals surface area (Å²) in [6, 6.07) is 28.7. The van der Waals surface area contributed by atoms with Gasteiger partial charge in [0.15, 0.2) is 0 Å². The van der Waals surface area contributed by atoms with E-state index in [1.165, 1.54) is 0 Å². The fraction of sp³-hybridized carbons (Fsp3) is 0.167. The summed E-state index contributed by atoms with van der Waals surface area (Å²) < 4.78 is 0. The highest BCUT2D eigenvalue weighted by Gasteiger charge is 2.34. The van der Waals surface area contributed by atoms with Gasteiger partial charge in [-0.05, 0) is 59.4 Å². The maximum atomic E-state index is 14.3. The number of benzene rings is 3. The van der Waals surface area contributed by atoms with E-state index in [9.17, 15) is 14.7 Å². The van der Waals surface area contributed by atoms with Crippen LogP contribution in [0.5, 0.6) is 5.75 Å². The van der Waals surface area contributed by atoms with Crippen molar-refractivity contribution >= 4 is 11.8 Å². The topological polar surface area (TPSA) is 96.5 Å². The Morgan fingerprint density at radius 1 is 0.778 bits per heavy atom. The summed E-state index contributed by atoms with van der Waals surface area (Å²) in [7, 11) is 0. The second-order valence-electron chi connectivity index (χ2n) is 8.70. The second-order valence-corrected chi connectivity index (χ2v) is 8.70. The molecule has 6 nitrogen and oxygen atoms in total. The highest BCUT2D eigenvalue weighted by atomic mass is 16.3. The Morgan fingerprint density at radius 2 is 1.33 bits per heavy atom. The predicted octanol–water partition coefficient (Wildman–Crippen LogP) is 4.43. The van der Waals surface area contributed by atoms with Crippen molar-refractivity contribution in [3.05, 3.63) is 132 Å². The van der Waals surface area contributed by atoms with Gasteiger partial charge in [0, 0.05) is 18.9 Å². The minimum Gasteiger partial charge on any atom is -0.508 e. The van der Waals surface area contributed by atoms with E-state index < -0.39 is 17.9 Å². The summed E-state index contributed by atoms with van der Waals surface area (Å²) >= 11 is 0. The van der Waals surface area contributed by atoms with Crippen LogP contribution in [-0.2, 0) is 22.6 Å². The van der Waals surface area contributed by atoms with Crippen molar-refractivity contribution in [2.75, 3.05) is 0 Å². The Labute approximate surface area is 211 Å². The van der Waals surface area contributed by atoms with E-state index >= 15 is 0 Å². The third-order valence-electron chi connectivity index (χ3n) is 6.25. The van der Waals surface area contributed by atoms with Gasteiger partial charge in [0.05, 0.1) is 5.92 Å². The first-order chi connectivity index (χ1) is 17.5. The molecule has 2 amide bonds. The summed E-state index contributed by atoms with van der Waals surface area (Å²) in [4.78, 5) is 32.7. The number of aromatic nitrogens is 1. The van der Waals surface area contributed by atoms with Gasteiger partial charge >= 0.3 is 0 Å². The van der Waals surface area contributed by atoms with E-state index in [2.05, 4.69) is 4.98 Å². The van der Waals surface area contributed by atoms with Crippen molar-refractivity contribution in [2.45, 2.75) is 31.3 Å². The maximum Gasteiger partial charge on any atom is 0.240 e. The Bertz CT molecular complexity index is 1220. The number of phenolic OH excluding ortho intramolecular Hbond substituents is 1. The molecule has 0 aliphatic rings. The van der Waals surface area contributed by atoms with Crippen LogP contribution in [0, 0.1) is 0 Å². The molecular formula is C30H29N3O3. The average molecular weight is 480 g/mol. The van der Waals surface area contributed by atoms with Crippen LogP contribution in [0.1, 0.15) is 34.6 Å². The first kappa shape index (κ1) is 24.7. The monoisotopic (exact) mass is 479 g/mol. The van der Waals surface area contributed by atoms with Gasteiger partial charge in [-0.3, -0.25) is 14.6 Å². The molecule has 0 unspecified atom stereocenters. The van der Waals surface area contributed by atoms with Crippen molar-refractivity contribution < 1.29 is 14.7 Å². The minimum absolute atomic E-state index is 0.132. The van der Waals surface area contributed by atoms with Crippen LogP contribution in [-0.4, -0.2) is 32.8 Å². The molecule has 0 spiro atoms. The Hall–Kier alpha value is -4.45. The molecule has 3 aromatic carbocycles. The molecule has 0 aliphatic carbocycles. The average Bonchev–Trinajstić information content (AvgIpc) is 2.91. The lowest BCUT2D eigenvalue weighted by Crippen LogP contribution is -2.49. The highest BCUT2D eigenvalue weighted by Crippen LogP contribution is 2.29. The number of carbonyl (C=O) groups is 2. The van der Waals surface area contributed by atoms with Gasteiger partial charge in [0.2, 0.25) is 11.8 Å². The smallest absolute Gasteiger partial charge is 0.240 e. The van der Waals surface area contributed by atoms with Crippen molar-refractivity contribution in [2.24, 2.45) is 5.73 Å². The van der Waals surface area contributed by atoms with Crippen LogP contribution in [0.15, 0.2) is 109 Å². The molecule has 6 heteroatoms. The number of aryl methyl sites for hydroxylation is 1. The molecule has 0 saturated heterocycles. The Kier molecular flexibility index (Phi) is 8.08. The SMILES string of the molecule is NC(=O)[C@@H](CCc1ccncc1)N(Cc1ccc(O)cc1)C(=O)C(c1ccccc1)c1ccccc1. The highest BCUT2D eigenvalue weighted by molar-refractivity contribution is 5.92. The molecule has 0 saturated carbocycles. The zero-order valence-electron chi connectivity index (χ0n) is 19.9. The second kappa shape index (κ2) is 11.8. The first-order valence-electron chi connectivity index (χ1n) is 11.9. The van der Waals surface area contributed by atoms with Crippen molar-refractivity contribution in [3.63, 3.8) is 0 Å². The number of nitrogens with zero attached hydrogens (tertiary/aromatic N) is 2. The third-order valence-corrected chi connectivity index (χ3v) is 6.25. The van der Waals surface area contributed by atoms with E-state index in [-0.39, 0.29) is 18.2 Å². The number of carbonyl (C=O) groups excluding carboxylic acids is 2. The molecule has 1 atom stereocenters. The number of nitrogens with two attached hydrogens (primary N) is 1. The van der Waals surface area contributed by atoms with Gasteiger partial charge < -0.3 is 15.7 Å². The zero-order valence-corrected chi connectivity index (χ0v) is 19.9. The van der Waals surface area contributed by atoms with Gasteiger partial charge in [-0.2, -0.15) is 0 Å². The number of rotatable bonds is 10. The fourth-order valence-electron chi connectivity index (χ4n) is 4.38. The van der Waals surface area contributed by atoms with Crippen LogP contribution in [0.3, 0.4) is 0 Å². The summed E-state index contributed by atoms with van der Waals surface area (Å²) in [5.74, 6) is -1.24. The summed E-state index contributed by atoms with van der Waals surface area (Å²) in [5.41, 5.74) is 9.38. The molecule has 1 aromatic heterocycles. The van der Waals surface area contributed by atoms with Crippen LogP contribution >= 0.6 is 0 Å². The molecular weight excluding hydrogens is 450 g/mol.